The first-order valence-corrected chi connectivity index (χ1v) is 23.3. The Kier molecular flexibility index (Phi) is 14.0. The first kappa shape index (κ1) is 46.1. The standard InChI is InChI=1S/C63H48O9/c1-43-4-10-46(11-5-43)64-49-16-22-52(23-17-49)67-55-28-34-58(35-29-55)70-61-40-62(71-59-36-30-56(31-37-59)68-53-24-18-50(19-25-53)65-47-12-6-44(2)7-13-47)42-63(41-61)72-60-38-32-57(33-39-60)69-54-26-20-51(21-27-54)66-48-14-8-45(3)9-15-48/h4-42H,1-3H3. The highest BCUT2D eigenvalue weighted by Crippen LogP contribution is 2.38. The number of aryl methyl sites for hydroxylation is 3. The summed E-state index contributed by atoms with van der Waals surface area (Å²) < 4.78 is 55.5. The van der Waals surface area contributed by atoms with E-state index in [-0.39, 0.29) is 0 Å². The fourth-order valence-corrected chi connectivity index (χ4v) is 7.22. The quantitative estimate of drug-likeness (QED) is 0.0835. The van der Waals surface area contributed by atoms with Gasteiger partial charge in [-0.1, -0.05) is 53.1 Å². The minimum absolute atomic E-state index is 0.491. The molecule has 0 aliphatic rings. The molecule has 0 saturated heterocycles. The van der Waals surface area contributed by atoms with Gasteiger partial charge in [0.2, 0.25) is 0 Å². The summed E-state index contributed by atoms with van der Waals surface area (Å²) in [5, 5.41) is 0. The summed E-state index contributed by atoms with van der Waals surface area (Å²) in [6.07, 6.45) is 0. The van der Waals surface area contributed by atoms with Crippen LogP contribution >= 0.6 is 0 Å². The first-order chi connectivity index (χ1) is 35.2. The number of hydrogen-bond donors (Lipinski definition) is 0. The van der Waals surface area contributed by atoms with Crippen LogP contribution in [0.3, 0.4) is 0 Å². The highest BCUT2D eigenvalue weighted by Gasteiger charge is 2.11. The van der Waals surface area contributed by atoms with Gasteiger partial charge in [-0.25, -0.2) is 0 Å². The van der Waals surface area contributed by atoms with Crippen LogP contribution in [-0.4, -0.2) is 0 Å². The van der Waals surface area contributed by atoms with E-state index >= 15 is 0 Å². The second-order valence-electron chi connectivity index (χ2n) is 16.8. The second kappa shape index (κ2) is 21.8. The lowest BCUT2D eigenvalue weighted by molar-refractivity contribution is 0.436. The van der Waals surface area contributed by atoms with Crippen LogP contribution in [0.25, 0.3) is 0 Å². The van der Waals surface area contributed by atoms with Gasteiger partial charge in [-0.05, 0) is 203 Å². The number of hydrogen-bond acceptors (Lipinski definition) is 9. The lowest BCUT2D eigenvalue weighted by Gasteiger charge is -2.14. The van der Waals surface area contributed by atoms with Gasteiger partial charge in [0.25, 0.3) is 0 Å². The van der Waals surface area contributed by atoms with Crippen molar-refractivity contribution in [2.45, 2.75) is 20.8 Å². The molecule has 0 N–H and O–H groups in total. The Morgan fingerprint density at radius 1 is 0.139 bits per heavy atom. The number of ether oxygens (including phenoxy) is 9. The van der Waals surface area contributed by atoms with Crippen molar-refractivity contribution in [2.75, 3.05) is 0 Å². The Balaban J connectivity index is 0.806. The monoisotopic (exact) mass is 948 g/mol. The van der Waals surface area contributed by atoms with Crippen molar-refractivity contribution < 1.29 is 42.6 Å². The molecule has 0 spiro atoms. The van der Waals surface area contributed by atoms with Crippen molar-refractivity contribution in [2.24, 2.45) is 0 Å². The molecule has 0 radical (unpaired) electrons. The predicted octanol–water partition coefficient (Wildman–Crippen LogP) is 18.7. The molecule has 354 valence electrons. The third-order valence-corrected chi connectivity index (χ3v) is 11.0. The van der Waals surface area contributed by atoms with Crippen LogP contribution in [0, 0.1) is 20.8 Å². The fourth-order valence-electron chi connectivity index (χ4n) is 7.22. The van der Waals surface area contributed by atoms with Gasteiger partial charge < -0.3 is 42.6 Å². The van der Waals surface area contributed by atoms with Crippen LogP contribution in [0.2, 0.25) is 0 Å². The van der Waals surface area contributed by atoms with Crippen molar-refractivity contribution in [1.29, 1.82) is 0 Å². The Labute approximate surface area is 418 Å². The Hall–Kier alpha value is -9.60. The first-order valence-electron chi connectivity index (χ1n) is 23.3. The van der Waals surface area contributed by atoms with E-state index in [0.29, 0.717) is 86.2 Å². The Bertz CT molecular complexity index is 2950. The molecule has 0 atom stereocenters. The van der Waals surface area contributed by atoms with E-state index in [4.69, 9.17) is 42.6 Å². The molecule has 10 rings (SSSR count). The van der Waals surface area contributed by atoms with Crippen molar-refractivity contribution in [1.82, 2.24) is 0 Å². The zero-order valence-corrected chi connectivity index (χ0v) is 39.7. The van der Waals surface area contributed by atoms with E-state index in [1.807, 2.05) is 239 Å². The van der Waals surface area contributed by atoms with E-state index in [1.54, 1.807) is 18.2 Å². The molecule has 9 heteroatoms. The topological polar surface area (TPSA) is 83.1 Å². The molecule has 0 heterocycles. The molecule has 72 heavy (non-hydrogen) atoms. The fraction of sp³-hybridized carbons (Fsp3) is 0.0476. The zero-order valence-electron chi connectivity index (χ0n) is 39.7. The third kappa shape index (κ3) is 12.9. The number of benzene rings is 10. The maximum Gasteiger partial charge on any atom is 0.134 e. The summed E-state index contributed by atoms with van der Waals surface area (Å²) >= 11 is 0. The Morgan fingerprint density at radius 3 is 0.361 bits per heavy atom. The molecular weight excluding hydrogens is 901 g/mol. The summed E-state index contributed by atoms with van der Waals surface area (Å²) in [7, 11) is 0. The molecule has 0 saturated carbocycles. The van der Waals surface area contributed by atoms with Gasteiger partial charge in [-0.2, -0.15) is 0 Å². The lowest BCUT2D eigenvalue weighted by atomic mass is 10.2. The third-order valence-electron chi connectivity index (χ3n) is 11.0. The maximum absolute atomic E-state index is 6.39. The molecular formula is C63H48O9. The van der Waals surface area contributed by atoms with Gasteiger partial charge >= 0.3 is 0 Å². The largest absolute Gasteiger partial charge is 0.457 e. The summed E-state index contributed by atoms with van der Waals surface area (Å²) in [6, 6.07) is 73.7. The summed E-state index contributed by atoms with van der Waals surface area (Å²) in [5.74, 6) is 11.6. The van der Waals surface area contributed by atoms with E-state index in [2.05, 4.69) is 0 Å². The van der Waals surface area contributed by atoms with Gasteiger partial charge in [0.05, 0.1) is 0 Å². The highest BCUT2D eigenvalue weighted by molar-refractivity contribution is 5.50. The van der Waals surface area contributed by atoms with E-state index < -0.39 is 0 Å². The molecule has 10 aromatic carbocycles. The van der Waals surface area contributed by atoms with Crippen LogP contribution in [0.5, 0.6) is 103 Å². The molecule has 0 aromatic heterocycles. The molecule has 0 amide bonds. The second-order valence-corrected chi connectivity index (χ2v) is 16.8. The van der Waals surface area contributed by atoms with Crippen LogP contribution in [-0.2, 0) is 0 Å². The zero-order chi connectivity index (χ0) is 49.1. The van der Waals surface area contributed by atoms with Gasteiger partial charge in [0.15, 0.2) is 0 Å². The van der Waals surface area contributed by atoms with E-state index in [1.165, 1.54) is 16.7 Å². The summed E-state index contributed by atoms with van der Waals surface area (Å²) in [5.41, 5.74) is 3.52. The average Bonchev–Trinajstić information content (AvgIpc) is 3.39. The molecule has 0 aliphatic carbocycles. The van der Waals surface area contributed by atoms with Crippen LogP contribution in [0.15, 0.2) is 237 Å². The Morgan fingerprint density at radius 2 is 0.236 bits per heavy atom. The molecule has 0 aliphatic heterocycles. The van der Waals surface area contributed by atoms with Crippen molar-refractivity contribution >= 4 is 0 Å². The number of rotatable bonds is 18. The van der Waals surface area contributed by atoms with Gasteiger partial charge in [-0.15, -0.1) is 0 Å². The minimum Gasteiger partial charge on any atom is -0.457 e. The SMILES string of the molecule is Cc1ccc(Oc2ccc(Oc3ccc(Oc4cc(Oc5ccc(Oc6ccc(Oc7ccc(C)cc7)cc6)cc5)cc(Oc5ccc(Oc6ccc(Oc7ccc(C)cc7)cc6)cc5)c4)cc3)cc2)cc1. The van der Waals surface area contributed by atoms with Gasteiger partial charge in [0, 0.05) is 18.2 Å². The maximum atomic E-state index is 6.39. The van der Waals surface area contributed by atoms with E-state index in [9.17, 15) is 0 Å². The van der Waals surface area contributed by atoms with Crippen molar-refractivity contribution in [3.63, 3.8) is 0 Å². The summed E-state index contributed by atoms with van der Waals surface area (Å²) in [6.45, 7) is 6.13. The smallest absolute Gasteiger partial charge is 0.134 e. The molecule has 0 fully saturated rings. The van der Waals surface area contributed by atoms with Crippen molar-refractivity contribution in [3.05, 3.63) is 253 Å². The normalized spacial score (nSPS) is 10.7. The lowest BCUT2D eigenvalue weighted by Crippen LogP contribution is -1.92. The average molecular weight is 949 g/mol. The van der Waals surface area contributed by atoms with Crippen LogP contribution < -0.4 is 42.6 Å². The predicted molar refractivity (Wildman–Crippen MR) is 279 cm³/mol. The molecule has 0 bridgehead atoms. The highest BCUT2D eigenvalue weighted by atomic mass is 16.5. The molecule has 0 unspecified atom stereocenters. The van der Waals surface area contributed by atoms with Crippen LogP contribution in [0.4, 0.5) is 0 Å². The van der Waals surface area contributed by atoms with Crippen LogP contribution in [0.1, 0.15) is 16.7 Å². The summed E-state index contributed by atoms with van der Waals surface area (Å²) in [4.78, 5) is 0. The molecule has 9 nitrogen and oxygen atoms in total. The minimum atomic E-state index is 0.491. The van der Waals surface area contributed by atoms with Gasteiger partial charge in [-0.3, -0.25) is 0 Å². The van der Waals surface area contributed by atoms with E-state index in [0.717, 1.165) is 17.2 Å². The molecule has 10 aromatic rings. The van der Waals surface area contributed by atoms with Crippen molar-refractivity contribution in [3.8, 4) is 103 Å². The van der Waals surface area contributed by atoms with Gasteiger partial charge in [0.1, 0.15) is 103 Å².